The van der Waals surface area contributed by atoms with E-state index >= 15 is 0 Å². The number of hydrogen-bond acceptors (Lipinski definition) is 3. The van der Waals surface area contributed by atoms with Crippen molar-refractivity contribution in [2.45, 2.75) is 19.4 Å². The first-order valence-corrected chi connectivity index (χ1v) is 5.12. The molecule has 0 unspecified atom stereocenters. The van der Waals surface area contributed by atoms with Gasteiger partial charge in [0.05, 0.1) is 5.69 Å². The van der Waals surface area contributed by atoms with Crippen LogP contribution in [-0.4, -0.2) is 16.9 Å². The van der Waals surface area contributed by atoms with Gasteiger partial charge >= 0.3 is 6.03 Å². The number of hydrogen-bond donors (Lipinski definition) is 2. The Bertz CT molecular complexity index is 430. The molecule has 2 N–H and O–H groups in total. The van der Waals surface area contributed by atoms with Crippen LogP contribution in [0.15, 0.2) is 24.4 Å². The van der Waals surface area contributed by atoms with Crippen molar-refractivity contribution in [2.24, 2.45) is 5.92 Å². The molecule has 5 heteroatoms. The lowest BCUT2D eigenvalue weighted by atomic mass is 9.83. The highest BCUT2D eigenvalue weighted by molar-refractivity contribution is 6.07. The number of nitrogens with one attached hydrogen (secondary N) is 2. The van der Waals surface area contributed by atoms with Crippen LogP contribution in [0.2, 0.25) is 0 Å². The van der Waals surface area contributed by atoms with Crippen molar-refractivity contribution in [3.8, 4) is 0 Å². The van der Waals surface area contributed by atoms with Crippen molar-refractivity contribution in [1.29, 1.82) is 0 Å². The van der Waals surface area contributed by atoms with E-state index in [1.807, 2.05) is 13.8 Å². The molecule has 1 fully saturated rings. The lowest BCUT2D eigenvalue weighted by Crippen LogP contribution is -2.48. The second-order valence-corrected chi connectivity index (χ2v) is 4.09. The Morgan fingerprint density at radius 2 is 2.06 bits per heavy atom. The Morgan fingerprint density at radius 3 is 2.50 bits per heavy atom. The van der Waals surface area contributed by atoms with Gasteiger partial charge in [0, 0.05) is 6.20 Å². The van der Waals surface area contributed by atoms with E-state index < -0.39 is 11.6 Å². The summed E-state index contributed by atoms with van der Waals surface area (Å²) in [6, 6.07) is 4.84. The number of carbonyl (C=O) groups excluding carboxylic acids is 2. The summed E-state index contributed by atoms with van der Waals surface area (Å²) in [6.07, 6.45) is 1.61. The van der Waals surface area contributed by atoms with E-state index in [0.29, 0.717) is 5.69 Å². The van der Waals surface area contributed by atoms with Crippen LogP contribution >= 0.6 is 0 Å². The topological polar surface area (TPSA) is 71.1 Å². The fourth-order valence-corrected chi connectivity index (χ4v) is 1.95. The zero-order valence-corrected chi connectivity index (χ0v) is 9.15. The van der Waals surface area contributed by atoms with Gasteiger partial charge in [-0.05, 0) is 18.1 Å². The van der Waals surface area contributed by atoms with Crippen LogP contribution in [0.1, 0.15) is 19.5 Å². The van der Waals surface area contributed by atoms with Crippen molar-refractivity contribution in [3.63, 3.8) is 0 Å². The number of carbonyl (C=O) groups is 2. The molecule has 1 aliphatic heterocycles. The Kier molecular flexibility index (Phi) is 2.38. The highest BCUT2D eigenvalue weighted by Crippen LogP contribution is 2.30. The Morgan fingerprint density at radius 1 is 1.31 bits per heavy atom. The Balaban J connectivity index is 2.53. The van der Waals surface area contributed by atoms with Crippen molar-refractivity contribution < 1.29 is 9.59 Å². The van der Waals surface area contributed by atoms with Gasteiger partial charge in [-0.25, -0.2) is 4.79 Å². The molecule has 0 aromatic carbocycles. The molecular weight excluding hydrogens is 206 g/mol. The van der Waals surface area contributed by atoms with E-state index in [1.165, 1.54) is 0 Å². The summed E-state index contributed by atoms with van der Waals surface area (Å²) >= 11 is 0. The molecule has 1 atom stereocenters. The lowest BCUT2D eigenvalue weighted by Gasteiger charge is -2.29. The van der Waals surface area contributed by atoms with E-state index in [2.05, 4.69) is 15.6 Å². The highest BCUT2D eigenvalue weighted by atomic mass is 16.2. The van der Waals surface area contributed by atoms with Crippen LogP contribution in [-0.2, 0) is 10.3 Å². The molecule has 2 rings (SSSR count). The molecule has 5 nitrogen and oxygen atoms in total. The minimum Gasteiger partial charge on any atom is -0.318 e. The average molecular weight is 219 g/mol. The molecule has 0 saturated carbocycles. The van der Waals surface area contributed by atoms with E-state index in [0.717, 1.165) is 0 Å². The molecule has 1 aliphatic rings. The van der Waals surface area contributed by atoms with Gasteiger partial charge in [-0.2, -0.15) is 0 Å². The first kappa shape index (κ1) is 10.6. The number of pyridine rings is 1. The largest absolute Gasteiger partial charge is 0.322 e. The third kappa shape index (κ3) is 1.36. The van der Waals surface area contributed by atoms with Gasteiger partial charge in [0.1, 0.15) is 0 Å². The van der Waals surface area contributed by atoms with E-state index in [1.54, 1.807) is 24.4 Å². The number of rotatable bonds is 2. The predicted octanol–water partition coefficient (Wildman–Crippen LogP) is 0.772. The standard InChI is InChI=1S/C11H13N3O2/c1-7(2)11(8-5-3-4-6-12-8)9(15)13-10(16)14-11/h3-7H,1-2H3,(H2,13,14,15,16)/t11-/m1/s1. The van der Waals surface area contributed by atoms with E-state index in [9.17, 15) is 9.59 Å². The monoisotopic (exact) mass is 219 g/mol. The van der Waals surface area contributed by atoms with Crippen LogP contribution in [0.25, 0.3) is 0 Å². The van der Waals surface area contributed by atoms with Crippen LogP contribution < -0.4 is 10.6 Å². The van der Waals surface area contributed by atoms with E-state index in [-0.39, 0.29) is 11.8 Å². The maximum atomic E-state index is 11.9. The summed E-state index contributed by atoms with van der Waals surface area (Å²) in [7, 11) is 0. The highest BCUT2D eigenvalue weighted by Gasteiger charge is 2.51. The molecule has 0 spiro atoms. The Hall–Kier alpha value is -1.91. The first-order valence-electron chi connectivity index (χ1n) is 5.12. The summed E-state index contributed by atoms with van der Waals surface area (Å²) < 4.78 is 0. The van der Waals surface area contributed by atoms with Gasteiger partial charge in [-0.3, -0.25) is 15.1 Å². The van der Waals surface area contributed by atoms with Gasteiger partial charge in [-0.1, -0.05) is 19.9 Å². The van der Waals surface area contributed by atoms with Gasteiger partial charge in [0.15, 0.2) is 5.54 Å². The summed E-state index contributed by atoms with van der Waals surface area (Å²) in [5, 5.41) is 4.93. The van der Waals surface area contributed by atoms with Crippen LogP contribution in [0.4, 0.5) is 4.79 Å². The first-order chi connectivity index (χ1) is 7.57. The number of nitrogens with zero attached hydrogens (tertiary/aromatic N) is 1. The van der Waals surface area contributed by atoms with Gasteiger partial charge in [-0.15, -0.1) is 0 Å². The number of urea groups is 1. The molecule has 1 aromatic heterocycles. The van der Waals surface area contributed by atoms with Crippen LogP contribution in [0, 0.1) is 5.92 Å². The quantitative estimate of drug-likeness (QED) is 0.722. The zero-order chi connectivity index (χ0) is 11.8. The lowest BCUT2D eigenvalue weighted by molar-refractivity contribution is -0.126. The molecule has 0 aliphatic carbocycles. The zero-order valence-electron chi connectivity index (χ0n) is 9.15. The average Bonchev–Trinajstić information content (AvgIpc) is 2.56. The van der Waals surface area contributed by atoms with Gasteiger partial charge in [0.25, 0.3) is 5.91 Å². The van der Waals surface area contributed by atoms with Gasteiger partial charge < -0.3 is 5.32 Å². The van der Waals surface area contributed by atoms with Crippen LogP contribution in [0.5, 0.6) is 0 Å². The molecule has 3 amide bonds. The summed E-state index contributed by atoms with van der Waals surface area (Å²) in [5.41, 5.74) is -0.480. The SMILES string of the molecule is CC(C)[C@]1(c2ccccn2)NC(=O)NC1=O. The maximum Gasteiger partial charge on any atom is 0.322 e. The molecule has 2 heterocycles. The number of imide groups is 1. The van der Waals surface area contributed by atoms with Crippen molar-refractivity contribution in [3.05, 3.63) is 30.1 Å². The number of aromatic nitrogens is 1. The molecule has 0 bridgehead atoms. The summed E-state index contributed by atoms with van der Waals surface area (Å²) in [5.74, 6) is -0.417. The minimum atomic E-state index is -1.04. The Labute approximate surface area is 93.3 Å². The maximum absolute atomic E-state index is 11.9. The summed E-state index contributed by atoms with van der Waals surface area (Å²) in [6.45, 7) is 3.75. The minimum absolute atomic E-state index is 0.0751. The molecule has 0 radical (unpaired) electrons. The summed E-state index contributed by atoms with van der Waals surface area (Å²) in [4.78, 5) is 27.4. The number of amides is 3. The molecular formula is C11H13N3O2. The second-order valence-electron chi connectivity index (χ2n) is 4.09. The van der Waals surface area contributed by atoms with Crippen molar-refractivity contribution >= 4 is 11.9 Å². The molecule has 16 heavy (non-hydrogen) atoms. The van der Waals surface area contributed by atoms with E-state index in [4.69, 9.17) is 0 Å². The molecule has 1 aromatic rings. The molecule has 1 saturated heterocycles. The third-order valence-electron chi connectivity index (χ3n) is 2.83. The second kappa shape index (κ2) is 3.59. The normalized spacial score (nSPS) is 24.4. The molecule has 84 valence electrons. The third-order valence-corrected chi connectivity index (χ3v) is 2.83. The van der Waals surface area contributed by atoms with Crippen LogP contribution in [0.3, 0.4) is 0 Å². The predicted molar refractivity (Wildman–Crippen MR) is 57.4 cm³/mol. The fourth-order valence-electron chi connectivity index (χ4n) is 1.95. The van der Waals surface area contributed by atoms with Gasteiger partial charge in [0.2, 0.25) is 0 Å². The van der Waals surface area contributed by atoms with Crippen molar-refractivity contribution in [1.82, 2.24) is 15.6 Å². The smallest absolute Gasteiger partial charge is 0.318 e. The van der Waals surface area contributed by atoms with Crippen molar-refractivity contribution in [2.75, 3.05) is 0 Å². The fraction of sp³-hybridized carbons (Fsp3) is 0.364.